The molecule has 0 saturated carbocycles. The lowest BCUT2D eigenvalue weighted by Crippen LogP contribution is -2.32. The number of nitrogens with one attached hydrogen (secondary N) is 1. The Morgan fingerprint density at radius 3 is 2.58 bits per heavy atom. The molecule has 0 fully saturated rings. The van der Waals surface area contributed by atoms with Gasteiger partial charge in [0.25, 0.3) is 5.91 Å². The van der Waals surface area contributed by atoms with E-state index in [-0.39, 0.29) is 17.2 Å². The first-order valence-corrected chi connectivity index (χ1v) is 8.09. The van der Waals surface area contributed by atoms with Gasteiger partial charge in [0.05, 0.1) is 16.9 Å². The summed E-state index contributed by atoms with van der Waals surface area (Å²) in [5, 5.41) is 2.78. The number of nitrogens with zero attached hydrogens (tertiary/aromatic N) is 1. The van der Waals surface area contributed by atoms with E-state index in [9.17, 15) is 18.0 Å². The van der Waals surface area contributed by atoms with Crippen LogP contribution in [0.3, 0.4) is 0 Å². The maximum Gasteiger partial charge on any atom is 0.416 e. The first kappa shape index (κ1) is 19.9. The topological polar surface area (TPSA) is 51.2 Å². The summed E-state index contributed by atoms with van der Waals surface area (Å²) in [4.78, 5) is 16.3. The number of benzene rings is 1. The quantitative estimate of drug-likeness (QED) is 0.829. The number of aromatic nitrogens is 1. The van der Waals surface area contributed by atoms with E-state index in [1.165, 1.54) is 6.07 Å². The first-order valence-electron chi connectivity index (χ1n) is 8.09. The number of carbonyl (C=O) groups excluding carboxylic acids is 1. The van der Waals surface area contributed by atoms with Crippen LogP contribution in [-0.2, 0) is 10.9 Å². The molecule has 2 rings (SSSR count). The summed E-state index contributed by atoms with van der Waals surface area (Å²) in [5.74, 6) is -0.300. The van der Waals surface area contributed by atoms with E-state index in [1.807, 2.05) is 13.8 Å². The molecule has 0 radical (unpaired) electrons. The third kappa shape index (κ3) is 5.29. The summed E-state index contributed by atoms with van der Waals surface area (Å²) in [6, 6.07) is 8.25. The minimum atomic E-state index is -4.44. The molecule has 1 heterocycles. The van der Waals surface area contributed by atoms with Crippen LogP contribution in [0, 0.1) is 0 Å². The Balaban J connectivity index is 2.14. The number of carbonyl (C=O) groups is 1. The van der Waals surface area contributed by atoms with Crippen LogP contribution in [0.4, 0.5) is 13.2 Å². The number of rotatable bonds is 6. The van der Waals surface area contributed by atoms with Crippen molar-refractivity contribution < 1.29 is 22.7 Å². The van der Waals surface area contributed by atoms with E-state index in [0.717, 1.165) is 18.3 Å². The number of halogens is 3. The van der Waals surface area contributed by atoms with Gasteiger partial charge in [-0.25, -0.2) is 0 Å². The van der Waals surface area contributed by atoms with Crippen molar-refractivity contribution in [3.05, 3.63) is 53.7 Å². The molecule has 4 nitrogen and oxygen atoms in total. The Bertz CT molecular complexity index is 773. The molecular formula is C19H21F3N2O2. The second-order valence-electron chi connectivity index (χ2n) is 6.48. The fourth-order valence-electron chi connectivity index (χ4n) is 2.27. The van der Waals surface area contributed by atoms with Crippen LogP contribution in [0.2, 0.25) is 0 Å². The third-order valence-electron chi connectivity index (χ3n) is 4.07. The monoisotopic (exact) mass is 366 g/mol. The van der Waals surface area contributed by atoms with Gasteiger partial charge in [-0.05, 0) is 44.5 Å². The zero-order chi connectivity index (χ0) is 19.4. The summed E-state index contributed by atoms with van der Waals surface area (Å²) >= 11 is 0. The normalized spacial score (nSPS) is 12.1. The van der Waals surface area contributed by atoms with Gasteiger partial charge in [-0.2, -0.15) is 13.2 Å². The molecule has 0 aliphatic heterocycles. The highest BCUT2D eigenvalue weighted by Crippen LogP contribution is 2.31. The van der Waals surface area contributed by atoms with Crippen LogP contribution in [0.1, 0.15) is 36.2 Å². The Kier molecular flexibility index (Phi) is 6.02. The number of alkyl halides is 3. The molecule has 1 aromatic heterocycles. The van der Waals surface area contributed by atoms with Crippen LogP contribution >= 0.6 is 0 Å². The lowest BCUT2D eigenvalue weighted by atomic mass is 10.0. The number of hydrogen-bond acceptors (Lipinski definition) is 3. The van der Waals surface area contributed by atoms with Crippen LogP contribution in [-0.4, -0.2) is 30.1 Å². The molecular weight excluding hydrogens is 345 g/mol. The summed E-state index contributed by atoms with van der Waals surface area (Å²) in [6.45, 7) is 4.25. The lowest BCUT2D eigenvalue weighted by Gasteiger charge is -2.22. The predicted octanol–water partition coefficient (Wildman–Crippen LogP) is 4.31. The molecule has 140 valence electrons. The highest BCUT2D eigenvalue weighted by Gasteiger charge is 2.30. The number of methoxy groups -OCH3 is 1. The predicted molar refractivity (Wildman–Crippen MR) is 92.7 cm³/mol. The minimum absolute atomic E-state index is 0.162. The highest BCUT2D eigenvalue weighted by molar-refractivity contribution is 5.95. The van der Waals surface area contributed by atoms with Gasteiger partial charge in [-0.1, -0.05) is 12.1 Å². The Hall–Kier alpha value is -2.41. The average Bonchev–Trinajstić information content (AvgIpc) is 2.61. The van der Waals surface area contributed by atoms with E-state index in [1.54, 1.807) is 25.3 Å². The lowest BCUT2D eigenvalue weighted by molar-refractivity contribution is -0.137. The van der Waals surface area contributed by atoms with E-state index >= 15 is 0 Å². The second-order valence-corrected chi connectivity index (χ2v) is 6.48. The Morgan fingerprint density at radius 1 is 1.19 bits per heavy atom. The fraction of sp³-hybridized carbons (Fsp3) is 0.368. The largest absolute Gasteiger partial charge is 0.416 e. The fourth-order valence-corrected chi connectivity index (χ4v) is 2.27. The standard InChI is InChI=1S/C19H21F3N2O2/c1-18(2,26-3)8-10-24-17(25)14-6-4-5-13(11-14)16-12-15(7-9-23-16)19(20,21)22/h4-7,9,11-12H,8,10H2,1-3H3,(H,24,25). The van der Waals surface area contributed by atoms with Crippen LogP contribution in [0.15, 0.2) is 42.6 Å². The van der Waals surface area contributed by atoms with Gasteiger partial charge in [0.1, 0.15) is 0 Å². The zero-order valence-electron chi connectivity index (χ0n) is 14.9. The van der Waals surface area contributed by atoms with Gasteiger partial charge in [0, 0.05) is 31.0 Å². The van der Waals surface area contributed by atoms with Gasteiger partial charge >= 0.3 is 6.18 Å². The molecule has 0 spiro atoms. The second kappa shape index (κ2) is 7.86. The summed E-state index contributed by atoms with van der Waals surface area (Å²) in [6.07, 6.45) is -2.71. The summed E-state index contributed by atoms with van der Waals surface area (Å²) < 4.78 is 43.9. The van der Waals surface area contributed by atoms with Crippen molar-refractivity contribution in [2.45, 2.75) is 32.0 Å². The molecule has 0 atom stereocenters. The smallest absolute Gasteiger partial charge is 0.379 e. The molecule has 0 bridgehead atoms. The third-order valence-corrected chi connectivity index (χ3v) is 4.07. The molecule has 1 N–H and O–H groups in total. The molecule has 0 aliphatic carbocycles. The maximum atomic E-state index is 12.9. The number of hydrogen-bond donors (Lipinski definition) is 1. The number of amides is 1. The summed E-state index contributed by atoms with van der Waals surface area (Å²) in [5.41, 5.74) is -0.163. The van der Waals surface area contributed by atoms with E-state index < -0.39 is 11.7 Å². The van der Waals surface area contributed by atoms with E-state index in [0.29, 0.717) is 24.1 Å². The molecule has 0 aliphatic rings. The van der Waals surface area contributed by atoms with Crippen molar-refractivity contribution in [1.29, 1.82) is 0 Å². The molecule has 0 saturated heterocycles. The van der Waals surface area contributed by atoms with Crippen molar-refractivity contribution in [1.82, 2.24) is 10.3 Å². The molecule has 1 aromatic carbocycles. The van der Waals surface area contributed by atoms with E-state index in [4.69, 9.17) is 4.74 Å². The molecule has 26 heavy (non-hydrogen) atoms. The van der Waals surface area contributed by atoms with Gasteiger partial charge in [-0.15, -0.1) is 0 Å². The Morgan fingerprint density at radius 2 is 1.92 bits per heavy atom. The molecule has 1 amide bonds. The number of ether oxygens (including phenoxy) is 1. The van der Waals surface area contributed by atoms with E-state index in [2.05, 4.69) is 10.3 Å². The van der Waals surface area contributed by atoms with Crippen molar-refractivity contribution in [2.24, 2.45) is 0 Å². The van der Waals surface area contributed by atoms with Gasteiger partial charge in [0.2, 0.25) is 0 Å². The average molecular weight is 366 g/mol. The van der Waals surface area contributed by atoms with Crippen LogP contribution in [0.25, 0.3) is 11.3 Å². The summed E-state index contributed by atoms with van der Waals surface area (Å²) in [7, 11) is 1.60. The molecule has 0 unspecified atom stereocenters. The minimum Gasteiger partial charge on any atom is -0.379 e. The van der Waals surface area contributed by atoms with Crippen molar-refractivity contribution in [2.75, 3.05) is 13.7 Å². The number of pyridine rings is 1. The van der Waals surface area contributed by atoms with Gasteiger partial charge in [0.15, 0.2) is 0 Å². The SMILES string of the molecule is COC(C)(C)CCNC(=O)c1cccc(-c2cc(C(F)(F)F)ccn2)c1. The van der Waals surface area contributed by atoms with Crippen molar-refractivity contribution in [3.63, 3.8) is 0 Å². The van der Waals surface area contributed by atoms with Gasteiger partial charge < -0.3 is 10.1 Å². The van der Waals surface area contributed by atoms with Crippen molar-refractivity contribution in [3.8, 4) is 11.3 Å². The van der Waals surface area contributed by atoms with Gasteiger partial charge in [-0.3, -0.25) is 9.78 Å². The first-order chi connectivity index (χ1) is 12.1. The van der Waals surface area contributed by atoms with Crippen LogP contribution < -0.4 is 5.32 Å². The van der Waals surface area contributed by atoms with Crippen molar-refractivity contribution >= 4 is 5.91 Å². The molecule has 2 aromatic rings. The Labute approximate surface area is 150 Å². The highest BCUT2D eigenvalue weighted by atomic mass is 19.4. The maximum absolute atomic E-state index is 12.9. The zero-order valence-corrected chi connectivity index (χ0v) is 14.9. The van der Waals surface area contributed by atoms with Crippen LogP contribution in [0.5, 0.6) is 0 Å². The molecule has 7 heteroatoms.